The molecule has 1 aromatic heterocycles. The Hall–Kier alpha value is -9.59. The highest BCUT2D eigenvalue weighted by atomic mass is 16.5. The summed E-state index contributed by atoms with van der Waals surface area (Å²) in [6.45, 7) is 5.15. The van der Waals surface area contributed by atoms with Crippen molar-refractivity contribution in [3.63, 3.8) is 0 Å². The van der Waals surface area contributed by atoms with E-state index in [1.807, 2.05) is 48.7 Å². The van der Waals surface area contributed by atoms with Crippen molar-refractivity contribution in [2.75, 3.05) is 6.61 Å². The molecule has 5 heteroatoms. The SMILES string of the molecule is C#CC#CCOc1cc2c(cc1OC#CC#CC)C1(c3ccccc3-c3cc(-c4cccc(-c5nccc6ccccc56)c4)ccc31)c1cc(OC#CC#CC)c(OC#CC#CC)cc1-2. The Balaban J connectivity index is 1.30. The Morgan fingerprint density at radius 1 is 0.492 bits per heavy atom. The Morgan fingerprint density at radius 2 is 1.08 bits per heavy atom. The number of pyridine rings is 1. The average Bonchev–Trinajstić information content (AvgIpc) is 3.79. The number of fused-ring (bicyclic) bond motifs is 11. The maximum atomic E-state index is 6.25. The van der Waals surface area contributed by atoms with Crippen molar-refractivity contribution in [1.82, 2.24) is 4.98 Å². The summed E-state index contributed by atoms with van der Waals surface area (Å²) in [6, 6.07) is 41.9. The summed E-state index contributed by atoms with van der Waals surface area (Å²) < 4.78 is 24.6. The molecule has 1 heterocycles. The van der Waals surface area contributed by atoms with Crippen LogP contribution >= 0.6 is 0 Å². The van der Waals surface area contributed by atoms with Gasteiger partial charge in [-0.05, 0) is 160 Å². The van der Waals surface area contributed by atoms with E-state index in [9.17, 15) is 0 Å². The van der Waals surface area contributed by atoms with Gasteiger partial charge in [-0.3, -0.25) is 4.98 Å². The van der Waals surface area contributed by atoms with Gasteiger partial charge in [-0.2, -0.15) is 0 Å². The minimum atomic E-state index is -0.896. The largest absolute Gasteiger partial charge is 0.477 e. The van der Waals surface area contributed by atoms with E-state index in [0.717, 1.165) is 77.7 Å². The summed E-state index contributed by atoms with van der Waals surface area (Å²) in [5.41, 5.74) is 11.0. The van der Waals surface area contributed by atoms with Crippen LogP contribution in [0, 0.1) is 95.8 Å². The third-order valence-corrected chi connectivity index (χ3v) is 11.1. The van der Waals surface area contributed by atoms with Crippen LogP contribution in [0.25, 0.3) is 55.4 Å². The molecule has 302 valence electrons. The summed E-state index contributed by atoms with van der Waals surface area (Å²) in [5, 5.41) is 2.23. The molecule has 0 amide bonds. The molecule has 0 fully saturated rings. The molecular weight excluding hydrogens is 799 g/mol. The molecule has 7 aromatic rings. The first-order valence-electron chi connectivity index (χ1n) is 20.5. The monoisotopic (exact) mass is 831 g/mol. The first-order valence-corrected chi connectivity index (χ1v) is 20.5. The Kier molecular flexibility index (Phi) is 11.4. The second-order valence-corrected chi connectivity index (χ2v) is 14.6. The molecule has 0 N–H and O–H groups in total. The molecule has 1 spiro atoms. The number of ether oxygens (including phenoxy) is 4. The number of aromatic nitrogens is 1. The van der Waals surface area contributed by atoms with Gasteiger partial charge in [-0.15, -0.1) is 6.42 Å². The van der Waals surface area contributed by atoms with Gasteiger partial charge < -0.3 is 18.9 Å². The fourth-order valence-electron chi connectivity index (χ4n) is 8.63. The molecule has 1 unspecified atom stereocenters. The number of hydrogen-bond donors (Lipinski definition) is 0. The lowest BCUT2D eigenvalue weighted by atomic mass is 9.70. The fraction of sp³-hybridized carbons (Fsp3) is 0.0833. The molecule has 1 atom stereocenters. The second kappa shape index (κ2) is 18.2. The molecule has 0 radical (unpaired) electrons. The third kappa shape index (κ3) is 7.47. The van der Waals surface area contributed by atoms with Crippen LogP contribution in [0.4, 0.5) is 0 Å². The van der Waals surface area contributed by atoms with E-state index in [-0.39, 0.29) is 6.61 Å². The molecule has 9 rings (SSSR count). The molecule has 0 bridgehead atoms. The van der Waals surface area contributed by atoms with Gasteiger partial charge >= 0.3 is 0 Å². The van der Waals surface area contributed by atoms with Gasteiger partial charge in [-0.25, -0.2) is 0 Å². The molecule has 0 aliphatic heterocycles. The summed E-state index contributed by atoms with van der Waals surface area (Å²) in [6.07, 6.45) is 15.5. The maximum absolute atomic E-state index is 6.25. The smallest absolute Gasteiger partial charge is 0.184 e. The van der Waals surface area contributed by atoms with E-state index < -0.39 is 5.41 Å². The van der Waals surface area contributed by atoms with Crippen LogP contribution in [0.3, 0.4) is 0 Å². The highest BCUT2D eigenvalue weighted by Crippen LogP contribution is 2.65. The number of hydrogen-bond acceptors (Lipinski definition) is 5. The van der Waals surface area contributed by atoms with Crippen LogP contribution in [0.5, 0.6) is 23.0 Å². The third-order valence-electron chi connectivity index (χ3n) is 11.1. The zero-order chi connectivity index (χ0) is 44.6. The lowest BCUT2D eigenvalue weighted by Gasteiger charge is -2.31. The van der Waals surface area contributed by atoms with Gasteiger partial charge in [0.05, 0.1) is 11.1 Å². The first kappa shape index (κ1) is 40.8. The van der Waals surface area contributed by atoms with Crippen LogP contribution < -0.4 is 18.9 Å². The van der Waals surface area contributed by atoms with Crippen LogP contribution in [0.1, 0.15) is 43.0 Å². The van der Waals surface area contributed by atoms with Crippen molar-refractivity contribution in [1.29, 1.82) is 0 Å². The Bertz CT molecular complexity index is 3630. The van der Waals surface area contributed by atoms with Crippen LogP contribution in [0.15, 0.2) is 128 Å². The van der Waals surface area contributed by atoms with E-state index in [4.69, 9.17) is 30.4 Å². The Labute approximate surface area is 379 Å². The summed E-state index contributed by atoms with van der Waals surface area (Å²) in [4.78, 5) is 4.83. The lowest BCUT2D eigenvalue weighted by Crippen LogP contribution is -2.26. The van der Waals surface area contributed by atoms with Crippen molar-refractivity contribution < 1.29 is 18.9 Å². The van der Waals surface area contributed by atoms with E-state index in [2.05, 4.69) is 168 Å². The van der Waals surface area contributed by atoms with E-state index >= 15 is 0 Å². The zero-order valence-corrected chi connectivity index (χ0v) is 35.5. The van der Waals surface area contributed by atoms with Crippen LogP contribution in [0.2, 0.25) is 0 Å². The topological polar surface area (TPSA) is 49.8 Å². The van der Waals surface area contributed by atoms with Gasteiger partial charge in [-0.1, -0.05) is 96.6 Å². The standard InChI is InChI=1S/C60H33NO4/c1-5-9-17-32-62-55-38-49-50-39-56(63-33-18-10-6-2)58(65-35-20-12-8-4)41-54(50)60(53(49)40-57(55)64-34-19-11-7-3)51-27-16-15-26-47(51)48-37-44(28-29-52(48)60)43-23-21-24-45(36-43)59-46-25-14-13-22-42(46)30-31-61-59/h1,13-16,21-31,36-41H,32H2,2-4H3. The number of nitrogens with zero attached hydrogens (tertiary/aromatic N) is 1. The molecule has 0 saturated carbocycles. The van der Waals surface area contributed by atoms with Crippen molar-refractivity contribution in [3.8, 4) is 163 Å². The number of terminal acetylenes is 1. The quantitative estimate of drug-likeness (QED) is 0.150. The normalized spacial score (nSPS) is 12.4. The van der Waals surface area contributed by atoms with Crippen LogP contribution in [-0.2, 0) is 5.41 Å². The minimum absolute atomic E-state index is 0.0141. The minimum Gasteiger partial charge on any atom is -0.477 e. The molecule has 0 saturated heterocycles. The van der Waals surface area contributed by atoms with E-state index in [1.54, 1.807) is 20.8 Å². The second-order valence-electron chi connectivity index (χ2n) is 14.6. The van der Waals surface area contributed by atoms with Crippen molar-refractivity contribution in [2.45, 2.75) is 26.2 Å². The van der Waals surface area contributed by atoms with Crippen molar-refractivity contribution in [2.24, 2.45) is 0 Å². The van der Waals surface area contributed by atoms with Gasteiger partial charge in [0.25, 0.3) is 0 Å². The summed E-state index contributed by atoms with van der Waals surface area (Å²) in [7, 11) is 0. The van der Waals surface area contributed by atoms with E-state index in [1.165, 1.54) is 0 Å². The summed E-state index contributed by atoms with van der Waals surface area (Å²) >= 11 is 0. The highest BCUT2D eigenvalue weighted by Gasteiger charge is 2.53. The lowest BCUT2D eigenvalue weighted by molar-refractivity contribution is 0.350. The fourth-order valence-corrected chi connectivity index (χ4v) is 8.63. The first-order chi connectivity index (χ1) is 32.1. The molecule has 65 heavy (non-hydrogen) atoms. The number of benzene rings is 6. The van der Waals surface area contributed by atoms with Crippen LogP contribution in [-0.4, -0.2) is 11.6 Å². The Morgan fingerprint density at radius 3 is 1.78 bits per heavy atom. The van der Waals surface area contributed by atoms with Gasteiger partial charge in [0.15, 0.2) is 23.0 Å². The van der Waals surface area contributed by atoms with Gasteiger partial charge in [0, 0.05) is 34.9 Å². The highest BCUT2D eigenvalue weighted by molar-refractivity contribution is 5.98. The summed E-state index contributed by atoms with van der Waals surface area (Å²) in [5.74, 6) is 34.1. The average molecular weight is 832 g/mol. The van der Waals surface area contributed by atoms with E-state index in [0.29, 0.717) is 23.0 Å². The maximum Gasteiger partial charge on any atom is 0.184 e. The predicted molar refractivity (Wildman–Crippen MR) is 257 cm³/mol. The number of rotatable bonds is 7. The zero-order valence-electron chi connectivity index (χ0n) is 35.5. The molecule has 6 aromatic carbocycles. The molecule has 2 aliphatic rings. The van der Waals surface area contributed by atoms with Crippen molar-refractivity contribution in [3.05, 3.63) is 150 Å². The van der Waals surface area contributed by atoms with Crippen molar-refractivity contribution >= 4 is 10.8 Å². The predicted octanol–water partition coefficient (Wildman–Crippen LogP) is 11.0. The molecular formula is C60H33NO4. The van der Waals surface area contributed by atoms with Gasteiger partial charge in [0.2, 0.25) is 0 Å². The molecule has 5 nitrogen and oxygen atoms in total. The van der Waals surface area contributed by atoms with Gasteiger partial charge in [0.1, 0.15) is 24.9 Å². The molecule has 2 aliphatic carbocycles.